The molecule has 2 aromatic carbocycles. The summed E-state index contributed by atoms with van der Waals surface area (Å²) in [4.78, 5) is 38.4. The topological polar surface area (TPSA) is 95.9 Å². The molecule has 0 spiro atoms. The Labute approximate surface area is 199 Å². The van der Waals surface area contributed by atoms with E-state index in [9.17, 15) is 14.4 Å². The van der Waals surface area contributed by atoms with E-state index in [0.717, 1.165) is 19.3 Å². The lowest BCUT2D eigenvalue weighted by atomic mass is 9.98. The molecule has 2 N–H and O–H groups in total. The smallest absolute Gasteiger partial charge is 0.407 e. The van der Waals surface area contributed by atoms with Crippen LogP contribution in [0.15, 0.2) is 48.5 Å². The molecule has 1 heterocycles. The predicted molar refractivity (Wildman–Crippen MR) is 126 cm³/mol. The molecule has 34 heavy (non-hydrogen) atoms. The Hall–Kier alpha value is -3.35. The van der Waals surface area contributed by atoms with Crippen molar-refractivity contribution in [2.24, 2.45) is 5.92 Å². The molecule has 2 aliphatic carbocycles. The lowest BCUT2D eigenvalue weighted by molar-refractivity contribution is -0.141. The number of carbonyl (C=O) groups excluding carboxylic acids is 2. The van der Waals surface area contributed by atoms with Gasteiger partial charge in [-0.1, -0.05) is 48.5 Å². The summed E-state index contributed by atoms with van der Waals surface area (Å²) in [6, 6.07) is 16.1. The highest BCUT2D eigenvalue weighted by Crippen LogP contribution is 2.44. The van der Waals surface area contributed by atoms with Crippen LogP contribution in [-0.4, -0.2) is 53.2 Å². The van der Waals surface area contributed by atoms with Crippen LogP contribution in [0.5, 0.6) is 0 Å². The third kappa shape index (κ3) is 4.39. The molecule has 7 heteroatoms. The van der Waals surface area contributed by atoms with Crippen LogP contribution in [0.2, 0.25) is 0 Å². The van der Waals surface area contributed by atoms with Crippen molar-refractivity contribution in [2.45, 2.75) is 56.5 Å². The van der Waals surface area contributed by atoms with Gasteiger partial charge in [-0.05, 0) is 54.4 Å². The summed E-state index contributed by atoms with van der Waals surface area (Å²) in [7, 11) is 0. The van der Waals surface area contributed by atoms with Gasteiger partial charge in [0, 0.05) is 30.5 Å². The summed E-state index contributed by atoms with van der Waals surface area (Å²) in [5, 5.41) is 12.1. The normalized spacial score (nSPS) is 23.4. The number of rotatable bonds is 6. The summed E-state index contributed by atoms with van der Waals surface area (Å²) in [6.45, 7) is 0.886. The molecule has 0 aromatic heterocycles. The van der Waals surface area contributed by atoms with Gasteiger partial charge in [-0.2, -0.15) is 0 Å². The van der Waals surface area contributed by atoms with Crippen molar-refractivity contribution in [3.05, 3.63) is 59.7 Å². The molecule has 0 bridgehead atoms. The van der Waals surface area contributed by atoms with Gasteiger partial charge in [0.15, 0.2) is 0 Å². The fraction of sp³-hybridized carbons (Fsp3) is 0.444. The van der Waals surface area contributed by atoms with Crippen molar-refractivity contribution in [1.29, 1.82) is 0 Å². The van der Waals surface area contributed by atoms with Gasteiger partial charge in [0.25, 0.3) is 0 Å². The molecular formula is C27H30N2O5. The number of carbonyl (C=O) groups is 3. The zero-order valence-electron chi connectivity index (χ0n) is 19.1. The number of carboxylic acid groups (broad SMARTS) is 1. The Morgan fingerprint density at radius 2 is 1.65 bits per heavy atom. The van der Waals surface area contributed by atoms with E-state index in [1.807, 2.05) is 24.3 Å². The standard InChI is InChI=1S/C27H30N2O5/c30-25(31)15-19-6-5-13-29(19)26(32)17-11-12-18(14-17)28-27(33)34-16-24-22-9-3-1-7-20(22)21-8-2-4-10-23(21)24/h1-4,7-10,17-19,24H,5-6,11-16H2,(H,28,33)(H,30,31)/t17?,18?,19-/m0/s1. The van der Waals surface area contributed by atoms with Crippen molar-refractivity contribution in [1.82, 2.24) is 10.2 Å². The molecule has 2 aromatic rings. The zero-order chi connectivity index (χ0) is 23.7. The fourth-order valence-electron chi connectivity index (χ4n) is 5.92. The average Bonchev–Trinajstić information content (AvgIpc) is 3.55. The second kappa shape index (κ2) is 9.49. The monoisotopic (exact) mass is 462 g/mol. The van der Waals surface area contributed by atoms with Crippen LogP contribution in [0.4, 0.5) is 4.79 Å². The highest BCUT2D eigenvalue weighted by atomic mass is 16.5. The quantitative estimate of drug-likeness (QED) is 0.672. The molecule has 0 radical (unpaired) electrons. The van der Waals surface area contributed by atoms with Gasteiger partial charge in [0.1, 0.15) is 6.61 Å². The first-order valence-corrected chi connectivity index (χ1v) is 12.1. The Kier molecular flexibility index (Phi) is 6.26. The van der Waals surface area contributed by atoms with E-state index in [4.69, 9.17) is 9.84 Å². The van der Waals surface area contributed by atoms with E-state index in [0.29, 0.717) is 19.4 Å². The number of nitrogens with one attached hydrogen (secondary N) is 1. The maximum atomic E-state index is 13.0. The first-order chi connectivity index (χ1) is 16.5. The van der Waals surface area contributed by atoms with Crippen molar-refractivity contribution >= 4 is 18.0 Å². The largest absolute Gasteiger partial charge is 0.481 e. The second-order valence-corrected chi connectivity index (χ2v) is 9.60. The maximum Gasteiger partial charge on any atom is 0.407 e. The van der Waals surface area contributed by atoms with Crippen LogP contribution in [-0.2, 0) is 14.3 Å². The molecule has 2 unspecified atom stereocenters. The lowest BCUT2D eigenvalue weighted by Crippen LogP contribution is -2.41. The van der Waals surface area contributed by atoms with Gasteiger partial charge in [0.2, 0.25) is 5.91 Å². The van der Waals surface area contributed by atoms with Crippen molar-refractivity contribution in [2.75, 3.05) is 13.2 Å². The summed E-state index contributed by atoms with van der Waals surface area (Å²) in [5.74, 6) is -1.00. The average molecular weight is 463 g/mol. The van der Waals surface area contributed by atoms with Crippen molar-refractivity contribution in [3.63, 3.8) is 0 Å². The van der Waals surface area contributed by atoms with Gasteiger partial charge >= 0.3 is 12.1 Å². The van der Waals surface area contributed by atoms with Crippen molar-refractivity contribution < 1.29 is 24.2 Å². The van der Waals surface area contributed by atoms with E-state index in [1.54, 1.807) is 4.90 Å². The first-order valence-electron chi connectivity index (χ1n) is 12.1. The highest BCUT2D eigenvalue weighted by molar-refractivity contribution is 5.81. The first kappa shape index (κ1) is 22.4. The van der Waals surface area contributed by atoms with Crippen LogP contribution in [0.3, 0.4) is 0 Å². The van der Waals surface area contributed by atoms with E-state index in [-0.39, 0.29) is 42.9 Å². The van der Waals surface area contributed by atoms with Gasteiger partial charge < -0.3 is 20.1 Å². The second-order valence-electron chi connectivity index (χ2n) is 9.60. The molecule has 2 fully saturated rings. The molecular weight excluding hydrogens is 432 g/mol. The van der Waals surface area contributed by atoms with Crippen LogP contribution in [0.1, 0.15) is 55.6 Å². The van der Waals surface area contributed by atoms with Crippen LogP contribution in [0.25, 0.3) is 11.1 Å². The summed E-state index contributed by atoms with van der Waals surface area (Å²) in [5.41, 5.74) is 4.72. The van der Waals surface area contributed by atoms with E-state index in [1.165, 1.54) is 22.3 Å². The third-order valence-corrected chi connectivity index (χ3v) is 7.52. The molecule has 7 nitrogen and oxygen atoms in total. The van der Waals surface area contributed by atoms with Crippen LogP contribution >= 0.6 is 0 Å². The predicted octanol–water partition coefficient (Wildman–Crippen LogP) is 4.16. The van der Waals surface area contributed by atoms with Crippen LogP contribution in [0, 0.1) is 5.92 Å². The molecule has 1 aliphatic heterocycles. The number of carboxylic acids is 1. The number of fused-ring (bicyclic) bond motifs is 3. The van der Waals surface area contributed by atoms with E-state index in [2.05, 4.69) is 29.6 Å². The molecule has 178 valence electrons. The van der Waals surface area contributed by atoms with E-state index >= 15 is 0 Å². The van der Waals surface area contributed by atoms with Gasteiger partial charge in [-0.25, -0.2) is 4.79 Å². The Morgan fingerprint density at radius 1 is 0.971 bits per heavy atom. The van der Waals surface area contributed by atoms with Crippen molar-refractivity contribution in [3.8, 4) is 11.1 Å². The van der Waals surface area contributed by atoms with Gasteiger partial charge in [-0.15, -0.1) is 0 Å². The molecule has 3 atom stereocenters. The molecule has 1 saturated carbocycles. The minimum absolute atomic E-state index is 0.000111. The number of alkyl carbamates (subject to hydrolysis) is 1. The summed E-state index contributed by atoms with van der Waals surface area (Å²) in [6.07, 6.45) is 3.12. The van der Waals surface area contributed by atoms with Crippen LogP contribution < -0.4 is 5.32 Å². The third-order valence-electron chi connectivity index (χ3n) is 7.52. The number of ether oxygens (including phenoxy) is 1. The molecule has 2 amide bonds. The summed E-state index contributed by atoms with van der Waals surface area (Å²) < 4.78 is 5.65. The number of hydrogen-bond donors (Lipinski definition) is 2. The fourth-order valence-corrected chi connectivity index (χ4v) is 5.92. The molecule has 1 saturated heterocycles. The Bertz CT molecular complexity index is 1050. The Morgan fingerprint density at radius 3 is 2.32 bits per heavy atom. The van der Waals surface area contributed by atoms with Gasteiger partial charge in [0.05, 0.1) is 6.42 Å². The number of hydrogen-bond acceptors (Lipinski definition) is 4. The number of nitrogens with zero attached hydrogens (tertiary/aromatic N) is 1. The minimum atomic E-state index is -0.870. The maximum absolute atomic E-state index is 13.0. The zero-order valence-corrected chi connectivity index (χ0v) is 19.1. The Balaban J connectivity index is 1.15. The lowest BCUT2D eigenvalue weighted by Gasteiger charge is -2.26. The van der Waals surface area contributed by atoms with E-state index < -0.39 is 12.1 Å². The van der Waals surface area contributed by atoms with Gasteiger partial charge in [-0.3, -0.25) is 9.59 Å². The number of benzene rings is 2. The highest BCUT2D eigenvalue weighted by Gasteiger charge is 2.38. The number of likely N-dealkylation sites (tertiary alicyclic amines) is 1. The number of aliphatic carboxylic acids is 1. The molecule has 5 rings (SSSR count). The number of amides is 2. The SMILES string of the molecule is O=C(O)C[C@@H]1CCCN1C(=O)C1CCC(NC(=O)OCC2c3ccccc3-c3ccccc32)C1. The minimum Gasteiger partial charge on any atom is -0.481 e. The summed E-state index contributed by atoms with van der Waals surface area (Å²) >= 11 is 0. The molecule has 3 aliphatic rings.